The predicted molar refractivity (Wildman–Crippen MR) is 101 cm³/mol. The van der Waals surface area contributed by atoms with Crippen LogP contribution in [0.5, 0.6) is 0 Å². The Bertz CT molecular complexity index is 1060. The highest BCUT2D eigenvalue weighted by molar-refractivity contribution is 6.22. The molecule has 0 bridgehead atoms. The fourth-order valence-corrected chi connectivity index (χ4v) is 2.67. The number of esters is 1. The maximum Gasteiger partial charge on any atom is 0.326 e. The highest BCUT2D eigenvalue weighted by atomic mass is 16.6. The van der Waals surface area contributed by atoms with Gasteiger partial charge in [0, 0.05) is 17.7 Å². The number of nitrogens with zero attached hydrogens (tertiary/aromatic N) is 2. The average molecular weight is 426 g/mol. The first kappa shape index (κ1) is 21.1. The molecule has 0 spiro atoms. The van der Waals surface area contributed by atoms with Gasteiger partial charge < -0.3 is 4.74 Å². The molecule has 0 atom stereocenters. The highest BCUT2D eigenvalue weighted by Gasteiger charge is 2.36. The molecule has 31 heavy (non-hydrogen) atoms. The van der Waals surface area contributed by atoms with Crippen molar-refractivity contribution in [1.82, 2.24) is 15.8 Å². The molecule has 2 aromatic carbocycles. The molecule has 12 heteroatoms. The van der Waals surface area contributed by atoms with Crippen LogP contribution >= 0.6 is 0 Å². The van der Waals surface area contributed by atoms with E-state index < -0.39 is 47.7 Å². The van der Waals surface area contributed by atoms with E-state index in [1.165, 1.54) is 24.3 Å². The van der Waals surface area contributed by atoms with E-state index >= 15 is 0 Å². The number of non-ortho nitro benzene ring substituents is 1. The molecule has 3 rings (SSSR count). The Balaban J connectivity index is 1.44. The van der Waals surface area contributed by atoms with Gasteiger partial charge in [-0.1, -0.05) is 12.1 Å². The van der Waals surface area contributed by atoms with Crippen molar-refractivity contribution in [3.8, 4) is 0 Å². The van der Waals surface area contributed by atoms with Crippen molar-refractivity contribution in [3.05, 3.63) is 75.3 Å². The molecule has 0 aliphatic carbocycles. The van der Waals surface area contributed by atoms with Crippen molar-refractivity contribution in [2.45, 2.75) is 0 Å². The van der Waals surface area contributed by atoms with Crippen molar-refractivity contribution in [2.75, 3.05) is 13.2 Å². The minimum atomic E-state index is -0.994. The van der Waals surface area contributed by atoms with Crippen molar-refractivity contribution >= 4 is 35.3 Å². The van der Waals surface area contributed by atoms with Gasteiger partial charge in [0.05, 0.1) is 16.1 Å². The summed E-state index contributed by atoms with van der Waals surface area (Å²) in [4.78, 5) is 70.6. The van der Waals surface area contributed by atoms with E-state index in [-0.39, 0.29) is 22.4 Å². The summed E-state index contributed by atoms with van der Waals surface area (Å²) in [6.45, 7) is -1.45. The number of ether oxygens (including phenoxy) is 1. The van der Waals surface area contributed by atoms with E-state index in [9.17, 15) is 34.1 Å². The van der Waals surface area contributed by atoms with Gasteiger partial charge in [-0.05, 0) is 24.3 Å². The first-order valence-electron chi connectivity index (χ1n) is 8.72. The Morgan fingerprint density at radius 3 is 2.06 bits per heavy atom. The predicted octanol–water partition coefficient (Wildman–Crippen LogP) is 0.195. The van der Waals surface area contributed by atoms with Gasteiger partial charge in [0.15, 0.2) is 6.61 Å². The molecule has 2 aromatic rings. The number of carbonyl (C=O) groups excluding carboxylic acids is 5. The standard InChI is InChI=1S/C19H14N4O8/c24-15(20-21-17(26)11-5-7-12(8-6-11)23(29)30)10-31-16(25)9-22-18(27)13-3-1-2-4-14(13)19(22)28/h1-8H,9-10H2,(H,20,24)(H,21,26). The molecule has 1 aliphatic heterocycles. The van der Waals surface area contributed by atoms with Crippen LogP contribution in [0.25, 0.3) is 0 Å². The quantitative estimate of drug-likeness (QED) is 0.286. The Morgan fingerprint density at radius 2 is 1.52 bits per heavy atom. The van der Waals surface area contributed by atoms with Crippen LogP contribution in [0.4, 0.5) is 5.69 Å². The number of nitrogens with one attached hydrogen (secondary N) is 2. The molecule has 0 saturated carbocycles. The molecule has 1 aliphatic rings. The van der Waals surface area contributed by atoms with Crippen molar-refractivity contribution < 1.29 is 33.6 Å². The minimum absolute atomic E-state index is 0.0496. The van der Waals surface area contributed by atoms with E-state index in [1.54, 1.807) is 12.1 Å². The van der Waals surface area contributed by atoms with E-state index in [2.05, 4.69) is 5.43 Å². The number of rotatable bonds is 6. The number of nitro benzene ring substituents is 1. The van der Waals surface area contributed by atoms with Crippen molar-refractivity contribution in [1.29, 1.82) is 0 Å². The number of hydrazine groups is 1. The van der Waals surface area contributed by atoms with E-state index in [1.807, 2.05) is 5.43 Å². The van der Waals surface area contributed by atoms with Crippen LogP contribution in [-0.2, 0) is 14.3 Å². The van der Waals surface area contributed by atoms with Crippen LogP contribution < -0.4 is 10.9 Å². The lowest BCUT2D eigenvalue weighted by Gasteiger charge is -2.13. The summed E-state index contributed by atoms with van der Waals surface area (Å²) >= 11 is 0. The van der Waals surface area contributed by atoms with Gasteiger partial charge in [0.1, 0.15) is 6.54 Å². The number of hydrogen-bond acceptors (Lipinski definition) is 8. The van der Waals surface area contributed by atoms with Crippen LogP contribution in [0, 0.1) is 10.1 Å². The molecule has 0 radical (unpaired) electrons. The summed E-state index contributed by atoms with van der Waals surface area (Å²) in [6.07, 6.45) is 0. The average Bonchev–Trinajstić information content (AvgIpc) is 3.01. The topological polar surface area (TPSA) is 165 Å². The zero-order valence-corrected chi connectivity index (χ0v) is 15.7. The normalized spacial score (nSPS) is 12.2. The molecule has 0 saturated heterocycles. The zero-order valence-electron chi connectivity index (χ0n) is 15.7. The first-order valence-corrected chi connectivity index (χ1v) is 8.72. The van der Waals surface area contributed by atoms with E-state index in [0.717, 1.165) is 12.1 Å². The zero-order chi connectivity index (χ0) is 22.5. The number of carbonyl (C=O) groups is 5. The van der Waals surface area contributed by atoms with Crippen LogP contribution in [0.3, 0.4) is 0 Å². The highest BCUT2D eigenvalue weighted by Crippen LogP contribution is 2.22. The third kappa shape index (κ3) is 4.70. The first-order chi connectivity index (χ1) is 14.8. The summed E-state index contributed by atoms with van der Waals surface area (Å²) in [5.74, 6) is -3.91. The van der Waals surface area contributed by atoms with Crippen LogP contribution in [0.2, 0.25) is 0 Å². The molecule has 1 heterocycles. The molecule has 0 aromatic heterocycles. The molecule has 4 amide bonds. The van der Waals surface area contributed by atoms with Gasteiger partial charge in [-0.3, -0.25) is 49.8 Å². The smallest absolute Gasteiger partial charge is 0.326 e. The van der Waals surface area contributed by atoms with Crippen LogP contribution in [0.1, 0.15) is 31.1 Å². The number of imide groups is 1. The summed E-state index contributed by atoms with van der Waals surface area (Å²) in [5.41, 5.74) is 4.25. The molecule has 12 nitrogen and oxygen atoms in total. The summed E-state index contributed by atoms with van der Waals surface area (Å²) in [7, 11) is 0. The number of hydrogen-bond donors (Lipinski definition) is 2. The Labute approximate surface area is 173 Å². The second-order valence-electron chi connectivity index (χ2n) is 6.21. The van der Waals surface area contributed by atoms with Gasteiger partial charge in [0.2, 0.25) is 0 Å². The second-order valence-corrected chi connectivity index (χ2v) is 6.21. The SMILES string of the molecule is O=C(COC(=O)CN1C(=O)c2ccccc2C1=O)NNC(=O)c1ccc([N+](=O)[O-])cc1. The third-order valence-electron chi connectivity index (χ3n) is 4.19. The van der Waals surface area contributed by atoms with Gasteiger partial charge in [-0.25, -0.2) is 0 Å². The molecule has 158 valence electrons. The molecule has 0 unspecified atom stereocenters. The van der Waals surface area contributed by atoms with Crippen molar-refractivity contribution in [3.63, 3.8) is 0 Å². The molecule has 2 N–H and O–H groups in total. The third-order valence-corrected chi connectivity index (χ3v) is 4.19. The lowest BCUT2D eigenvalue weighted by Crippen LogP contribution is -2.44. The van der Waals surface area contributed by atoms with Crippen LogP contribution in [-0.4, -0.2) is 52.6 Å². The van der Waals surface area contributed by atoms with Gasteiger partial charge >= 0.3 is 5.97 Å². The summed E-state index contributed by atoms with van der Waals surface area (Å²) in [5, 5.41) is 10.6. The van der Waals surface area contributed by atoms with Crippen LogP contribution in [0.15, 0.2) is 48.5 Å². The molecular weight excluding hydrogens is 412 g/mol. The van der Waals surface area contributed by atoms with Gasteiger partial charge in [-0.15, -0.1) is 0 Å². The van der Waals surface area contributed by atoms with E-state index in [0.29, 0.717) is 4.90 Å². The number of nitro groups is 1. The number of amides is 4. The monoisotopic (exact) mass is 426 g/mol. The summed E-state index contributed by atoms with van der Waals surface area (Å²) < 4.78 is 4.72. The molecular formula is C19H14N4O8. The maximum atomic E-state index is 12.2. The molecule has 0 fully saturated rings. The van der Waals surface area contributed by atoms with Crippen molar-refractivity contribution in [2.24, 2.45) is 0 Å². The fraction of sp³-hybridized carbons (Fsp3) is 0.105. The largest absolute Gasteiger partial charge is 0.454 e. The maximum absolute atomic E-state index is 12.2. The number of fused-ring (bicyclic) bond motifs is 1. The fourth-order valence-electron chi connectivity index (χ4n) is 2.67. The summed E-state index contributed by atoms with van der Waals surface area (Å²) in [6, 6.07) is 10.7. The minimum Gasteiger partial charge on any atom is -0.454 e. The lowest BCUT2D eigenvalue weighted by molar-refractivity contribution is -0.384. The van der Waals surface area contributed by atoms with Gasteiger partial charge in [-0.2, -0.15) is 0 Å². The lowest BCUT2D eigenvalue weighted by atomic mass is 10.1. The Kier molecular flexibility index (Phi) is 6.00. The van der Waals surface area contributed by atoms with Gasteiger partial charge in [0.25, 0.3) is 29.3 Å². The Morgan fingerprint density at radius 1 is 0.935 bits per heavy atom. The second kappa shape index (κ2) is 8.82. The van der Waals surface area contributed by atoms with E-state index in [4.69, 9.17) is 4.74 Å². The number of benzene rings is 2. The Hall–Kier alpha value is -4.61.